The Kier molecular flexibility index (Phi) is 3.80. The molecule has 0 saturated carbocycles. The van der Waals surface area contributed by atoms with E-state index in [1.165, 1.54) is 7.11 Å². The number of hydrogen-bond donors (Lipinski definition) is 1. The molecule has 1 aromatic carbocycles. The van der Waals surface area contributed by atoms with Crippen molar-refractivity contribution in [1.82, 2.24) is 0 Å². The summed E-state index contributed by atoms with van der Waals surface area (Å²) in [5.74, 6) is -0.229. The zero-order valence-electron chi connectivity index (χ0n) is 11.7. The first-order valence-corrected chi connectivity index (χ1v) is 6.53. The summed E-state index contributed by atoms with van der Waals surface area (Å²) in [4.78, 5) is 12.2. The van der Waals surface area contributed by atoms with Gasteiger partial charge in [0.2, 0.25) is 0 Å². The highest BCUT2D eigenvalue weighted by atomic mass is 16.5. The van der Waals surface area contributed by atoms with Gasteiger partial charge in [-0.15, -0.1) is 0 Å². The highest BCUT2D eigenvalue weighted by Gasteiger charge is 2.47. The Morgan fingerprint density at radius 1 is 1.32 bits per heavy atom. The lowest BCUT2D eigenvalue weighted by Gasteiger charge is -2.43. The van der Waals surface area contributed by atoms with Gasteiger partial charge in [-0.25, -0.2) is 4.79 Å². The molecule has 4 nitrogen and oxygen atoms in total. The maximum Gasteiger partial charge on any atom is 0.331 e. The van der Waals surface area contributed by atoms with Gasteiger partial charge in [-0.2, -0.15) is 0 Å². The van der Waals surface area contributed by atoms with Crippen LogP contribution in [-0.2, 0) is 14.3 Å². The largest absolute Gasteiger partial charge is 0.467 e. The Hall–Kier alpha value is -1.55. The summed E-state index contributed by atoms with van der Waals surface area (Å²) < 4.78 is 10.7. The molecule has 1 aromatic rings. The van der Waals surface area contributed by atoms with Crippen molar-refractivity contribution in [1.29, 1.82) is 0 Å². The molecule has 0 aromatic heterocycles. The van der Waals surface area contributed by atoms with Gasteiger partial charge in [0.15, 0.2) is 0 Å². The van der Waals surface area contributed by atoms with Crippen LogP contribution in [-0.4, -0.2) is 30.8 Å². The van der Waals surface area contributed by atoms with Gasteiger partial charge in [0.25, 0.3) is 0 Å². The maximum absolute atomic E-state index is 12.2. The molecular formula is C15H21NO3. The quantitative estimate of drug-likeness (QED) is 0.852. The minimum atomic E-state index is -0.710. The van der Waals surface area contributed by atoms with E-state index in [9.17, 15) is 4.79 Å². The van der Waals surface area contributed by atoms with Gasteiger partial charge in [-0.1, -0.05) is 18.2 Å². The fourth-order valence-corrected chi connectivity index (χ4v) is 2.69. The number of carbonyl (C=O) groups is 1. The lowest BCUT2D eigenvalue weighted by molar-refractivity contribution is -0.156. The number of rotatable bonds is 3. The Balaban J connectivity index is 2.27. The molecule has 1 N–H and O–H groups in total. The third-order valence-corrected chi connectivity index (χ3v) is 3.48. The van der Waals surface area contributed by atoms with E-state index in [0.717, 1.165) is 5.69 Å². The monoisotopic (exact) mass is 263 g/mol. The van der Waals surface area contributed by atoms with Crippen molar-refractivity contribution < 1.29 is 14.3 Å². The average Bonchev–Trinajstić information content (AvgIpc) is 2.37. The molecule has 19 heavy (non-hydrogen) atoms. The Labute approximate surface area is 114 Å². The molecule has 1 saturated heterocycles. The number of para-hydroxylation sites is 1. The SMILES string of the molecule is COC(=O)C1(Nc2ccccc2)CCOC(C)(C)C1. The second kappa shape index (κ2) is 5.21. The fraction of sp³-hybridized carbons (Fsp3) is 0.533. The van der Waals surface area contributed by atoms with Crippen molar-refractivity contribution in [2.45, 2.75) is 37.8 Å². The molecule has 1 heterocycles. The normalized spacial score (nSPS) is 25.6. The van der Waals surface area contributed by atoms with Gasteiger partial charge in [0.1, 0.15) is 5.54 Å². The number of hydrogen-bond acceptors (Lipinski definition) is 4. The summed E-state index contributed by atoms with van der Waals surface area (Å²) in [6.45, 7) is 4.54. The van der Waals surface area contributed by atoms with Crippen LogP contribution < -0.4 is 5.32 Å². The molecule has 2 rings (SSSR count). The number of ether oxygens (including phenoxy) is 2. The molecule has 1 unspecified atom stereocenters. The third kappa shape index (κ3) is 3.07. The van der Waals surface area contributed by atoms with E-state index in [2.05, 4.69) is 5.32 Å². The molecule has 1 aliphatic rings. The van der Waals surface area contributed by atoms with Crippen molar-refractivity contribution in [3.63, 3.8) is 0 Å². The van der Waals surface area contributed by atoms with Crippen LogP contribution in [0.4, 0.5) is 5.69 Å². The Morgan fingerprint density at radius 3 is 2.58 bits per heavy atom. The molecule has 0 amide bonds. The van der Waals surface area contributed by atoms with Crippen molar-refractivity contribution in [2.24, 2.45) is 0 Å². The first kappa shape index (κ1) is 13.9. The van der Waals surface area contributed by atoms with E-state index in [1.807, 2.05) is 44.2 Å². The van der Waals surface area contributed by atoms with Gasteiger partial charge < -0.3 is 14.8 Å². The standard InChI is InChI=1S/C15H21NO3/c1-14(2)11-15(9-10-19-14,13(17)18-3)16-12-7-5-4-6-8-12/h4-8,16H,9-11H2,1-3H3. The Bertz CT molecular complexity index is 444. The van der Waals surface area contributed by atoms with Crippen LogP contribution in [0.15, 0.2) is 30.3 Å². The van der Waals surface area contributed by atoms with Gasteiger partial charge in [-0.3, -0.25) is 0 Å². The van der Waals surface area contributed by atoms with Gasteiger partial charge >= 0.3 is 5.97 Å². The van der Waals surface area contributed by atoms with E-state index in [4.69, 9.17) is 9.47 Å². The van der Waals surface area contributed by atoms with Gasteiger partial charge in [0.05, 0.1) is 19.3 Å². The van der Waals surface area contributed by atoms with E-state index < -0.39 is 5.54 Å². The molecule has 104 valence electrons. The fourth-order valence-electron chi connectivity index (χ4n) is 2.69. The van der Waals surface area contributed by atoms with Crippen molar-refractivity contribution >= 4 is 11.7 Å². The topological polar surface area (TPSA) is 47.6 Å². The van der Waals surface area contributed by atoms with Crippen molar-refractivity contribution in [3.8, 4) is 0 Å². The summed E-state index contributed by atoms with van der Waals surface area (Å²) >= 11 is 0. The first-order chi connectivity index (χ1) is 8.97. The van der Waals surface area contributed by atoms with Gasteiger partial charge in [0, 0.05) is 18.5 Å². The van der Waals surface area contributed by atoms with E-state index in [0.29, 0.717) is 19.4 Å². The summed E-state index contributed by atoms with van der Waals surface area (Å²) in [6.07, 6.45) is 1.19. The average molecular weight is 263 g/mol. The first-order valence-electron chi connectivity index (χ1n) is 6.53. The van der Waals surface area contributed by atoms with Crippen LogP contribution in [0.5, 0.6) is 0 Å². The highest BCUT2D eigenvalue weighted by Crippen LogP contribution is 2.35. The zero-order chi connectivity index (χ0) is 13.9. The molecular weight excluding hydrogens is 242 g/mol. The molecule has 1 fully saturated rings. The van der Waals surface area contributed by atoms with E-state index in [1.54, 1.807) is 0 Å². The molecule has 1 aliphatic heterocycles. The number of methoxy groups -OCH3 is 1. The van der Waals surface area contributed by atoms with Crippen LogP contribution in [0, 0.1) is 0 Å². The molecule has 0 radical (unpaired) electrons. The summed E-state index contributed by atoms with van der Waals surface area (Å²) in [5.41, 5.74) is -0.128. The van der Waals surface area contributed by atoms with Crippen LogP contribution >= 0.6 is 0 Å². The molecule has 0 bridgehead atoms. The minimum absolute atomic E-state index is 0.229. The van der Waals surface area contributed by atoms with Crippen LogP contribution in [0.1, 0.15) is 26.7 Å². The van der Waals surface area contributed by atoms with Crippen molar-refractivity contribution in [3.05, 3.63) is 30.3 Å². The maximum atomic E-state index is 12.2. The molecule has 0 spiro atoms. The number of esters is 1. The molecule has 1 atom stereocenters. The number of carbonyl (C=O) groups excluding carboxylic acids is 1. The van der Waals surface area contributed by atoms with E-state index >= 15 is 0 Å². The minimum Gasteiger partial charge on any atom is -0.467 e. The second-order valence-corrected chi connectivity index (χ2v) is 5.60. The Morgan fingerprint density at radius 2 is 2.00 bits per heavy atom. The third-order valence-electron chi connectivity index (χ3n) is 3.48. The van der Waals surface area contributed by atoms with E-state index in [-0.39, 0.29) is 11.6 Å². The lowest BCUT2D eigenvalue weighted by atomic mass is 9.81. The van der Waals surface area contributed by atoms with Crippen LogP contribution in [0.25, 0.3) is 0 Å². The van der Waals surface area contributed by atoms with Crippen LogP contribution in [0.3, 0.4) is 0 Å². The van der Waals surface area contributed by atoms with Gasteiger partial charge in [-0.05, 0) is 26.0 Å². The lowest BCUT2D eigenvalue weighted by Crippen LogP contribution is -2.56. The van der Waals surface area contributed by atoms with Crippen LogP contribution in [0.2, 0.25) is 0 Å². The highest BCUT2D eigenvalue weighted by molar-refractivity contribution is 5.84. The number of anilines is 1. The zero-order valence-corrected chi connectivity index (χ0v) is 11.7. The second-order valence-electron chi connectivity index (χ2n) is 5.60. The predicted octanol–water partition coefficient (Wildman–Crippen LogP) is 2.60. The smallest absolute Gasteiger partial charge is 0.331 e. The summed E-state index contributed by atoms with van der Waals surface area (Å²) in [7, 11) is 1.43. The molecule has 0 aliphatic carbocycles. The van der Waals surface area contributed by atoms with Crippen molar-refractivity contribution in [2.75, 3.05) is 19.0 Å². The molecule has 4 heteroatoms. The number of benzene rings is 1. The number of nitrogens with one attached hydrogen (secondary N) is 1. The predicted molar refractivity (Wildman–Crippen MR) is 74.1 cm³/mol. The summed E-state index contributed by atoms with van der Waals surface area (Å²) in [6, 6.07) is 9.74. The summed E-state index contributed by atoms with van der Waals surface area (Å²) in [5, 5.41) is 3.35.